The van der Waals surface area contributed by atoms with Crippen molar-refractivity contribution >= 4 is 54.3 Å². The van der Waals surface area contributed by atoms with E-state index in [0.717, 1.165) is 77.5 Å². The highest BCUT2D eigenvalue weighted by Gasteiger charge is 2.27. The van der Waals surface area contributed by atoms with Gasteiger partial charge in [0.05, 0.1) is 16.3 Å². The van der Waals surface area contributed by atoms with E-state index < -0.39 is 10.0 Å². The Bertz CT molecular complexity index is 1410. The molecule has 0 bridgehead atoms. The third-order valence-electron chi connectivity index (χ3n) is 7.62. The third-order valence-corrected chi connectivity index (χ3v) is 10.2. The first-order valence-electron chi connectivity index (χ1n) is 13.5. The highest BCUT2D eigenvalue weighted by Crippen LogP contribution is 2.33. The van der Waals surface area contributed by atoms with Crippen LogP contribution in [-0.2, 0) is 16.4 Å². The molecule has 5 rings (SSSR count). The number of hydrogen-bond acceptors (Lipinski definition) is 4. The number of benzene rings is 2. The van der Waals surface area contributed by atoms with Gasteiger partial charge < -0.3 is 20.5 Å². The van der Waals surface area contributed by atoms with Crippen molar-refractivity contribution in [2.75, 3.05) is 42.9 Å². The van der Waals surface area contributed by atoms with E-state index in [9.17, 15) is 13.2 Å². The van der Waals surface area contributed by atoms with Gasteiger partial charge in [-0.2, -0.15) is 4.31 Å². The number of nitrogens with zero attached hydrogens (tertiary/aromatic N) is 2. The average Bonchev–Trinajstić information content (AvgIpc) is 3.25. The monoisotopic (exact) mass is 601 g/mol. The van der Waals surface area contributed by atoms with Gasteiger partial charge in [0.1, 0.15) is 0 Å². The Kier molecular flexibility index (Phi) is 8.30. The number of anilines is 2. The number of hydrogen-bond donors (Lipinski definition) is 3. The molecule has 0 aliphatic carbocycles. The summed E-state index contributed by atoms with van der Waals surface area (Å²) >= 11 is 3.65. The lowest BCUT2D eigenvalue weighted by Gasteiger charge is -2.31. The highest BCUT2D eigenvalue weighted by atomic mass is 79.9. The Balaban J connectivity index is 1.33. The molecule has 2 aromatic carbocycles. The van der Waals surface area contributed by atoms with Crippen molar-refractivity contribution in [1.29, 1.82) is 0 Å². The molecule has 38 heavy (non-hydrogen) atoms. The second-order valence-corrected chi connectivity index (χ2v) is 13.0. The summed E-state index contributed by atoms with van der Waals surface area (Å²) in [6.45, 7) is 5.37. The first-order valence-corrected chi connectivity index (χ1v) is 15.8. The molecule has 2 saturated heterocycles. The van der Waals surface area contributed by atoms with Gasteiger partial charge in [0.25, 0.3) is 0 Å². The van der Waals surface area contributed by atoms with Crippen LogP contribution >= 0.6 is 15.9 Å². The molecule has 3 heterocycles. The molecule has 2 fully saturated rings. The number of nitrogens with one attached hydrogen (secondary N) is 3. The van der Waals surface area contributed by atoms with Crippen LogP contribution in [0.2, 0.25) is 0 Å². The minimum atomic E-state index is -3.61. The summed E-state index contributed by atoms with van der Waals surface area (Å²) in [5.41, 5.74) is 4.71. The maximum atomic E-state index is 13.4. The summed E-state index contributed by atoms with van der Waals surface area (Å²) in [6.07, 6.45) is 6.84. The number of aromatic nitrogens is 1. The summed E-state index contributed by atoms with van der Waals surface area (Å²) < 4.78 is 29.3. The summed E-state index contributed by atoms with van der Waals surface area (Å²) in [5.74, 6) is 0. The van der Waals surface area contributed by atoms with E-state index in [4.69, 9.17) is 0 Å². The molecule has 204 valence electrons. The fourth-order valence-electron chi connectivity index (χ4n) is 5.62. The highest BCUT2D eigenvalue weighted by molar-refractivity contribution is 9.10. The number of carbonyl (C=O) groups is 1. The van der Waals surface area contributed by atoms with Crippen LogP contribution in [0, 0.1) is 6.92 Å². The van der Waals surface area contributed by atoms with Crippen molar-refractivity contribution in [3.63, 3.8) is 0 Å². The number of amides is 2. The quantitative estimate of drug-likeness (QED) is 0.320. The van der Waals surface area contributed by atoms with Crippen molar-refractivity contribution < 1.29 is 13.2 Å². The topological polar surface area (TPSA) is 97.5 Å². The molecule has 2 aliphatic heterocycles. The molecular formula is C28H36BrN5O3S. The number of aryl methyl sites for hydroxylation is 1. The lowest BCUT2D eigenvalue weighted by atomic mass is 10.1. The molecule has 3 aromatic rings. The Morgan fingerprint density at radius 2 is 1.71 bits per heavy atom. The van der Waals surface area contributed by atoms with Gasteiger partial charge in [-0.1, -0.05) is 28.4 Å². The second-order valence-electron chi connectivity index (χ2n) is 10.2. The lowest BCUT2D eigenvalue weighted by Crippen LogP contribution is -2.36. The molecule has 8 nitrogen and oxygen atoms in total. The van der Waals surface area contributed by atoms with Crippen molar-refractivity contribution in [2.45, 2.75) is 56.8 Å². The number of sulfonamides is 1. The van der Waals surface area contributed by atoms with E-state index in [-0.39, 0.29) is 10.9 Å². The standard InChI is InChI=1S/C28H36BrN5O3S/c1-20-22(27-23(29)9-8-10-24(27)31-20)13-14-30-28(35)32-25-19-21(38(36,37)34-17-6-3-7-18-34)11-12-26(25)33-15-4-2-5-16-33/h8-12,19,31H,2-7,13-18H2,1H3,(H2,30,32,35). The predicted octanol–water partition coefficient (Wildman–Crippen LogP) is 5.77. The molecule has 0 radical (unpaired) electrons. The van der Waals surface area contributed by atoms with Crippen molar-refractivity contribution in [3.05, 3.63) is 52.1 Å². The zero-order valence-electron chi connectivity index (χ0n) is 21.9. The maximum Gasteiger partial charge on any atom is 0.319 e. The van der Waals surface area contributed by atoms with Crippen molar-refractivity contribution in [2.24, 2.45) is 0 Å². The predicted molar refractivity (Wildman–Crippen MR) is 157 cm³/mol. The van der Waals surface area contributed by atoms with Crippen LogP contribution in [0.15, 0.2) is 45.8 Å². The fraction of sp³-hybridized carbons (Fsp3) is 0.464. The molecule has 3 N–H and O–H groups in total. The summed E-state index contributed by atoms with van der Waals surface area (Å²) in [7, 11) is -3.61. The smallest absolute Gasteiger partial charge is 0.319 e. The minimum absolute atomic E-state index is 0.231. The number of urea groups is 1. The number of carbonyl (C=O) groups excluding carboxylic acids is 1. The molecule has 0 unspecified atom stereocenters. The molecule has 1 aromatic heterocycles. The second kappa shape index (κ2) is 11.7. The molecule has 0 spiro atoms. The molecule has 10 heteroatoms. The van der Waals surface area contributed by atoms with E-state index in [1.54, 1.807) is 16.4 Å². The Morgan fingerprint density at radius 3 is 2.45 bits per heavy atom. The van der Waals surface area contributed by atoms with Crippen molar-refractivity contribution in [3.8, 4) is 0 Å². The van der Waals surface area contributed by atoms with Crippen LogP contribution in [0.4, 0.5) is 16.2 Å². The Labute approximate surface area is 233 Å². The van der Waals surface area contributed by atoms with Gasteiger partial charge >= 0.3 is 6.03 Å². The Morgan fingerprint density at radius 1 is 1.00 bits per heavy atom. The first kappa shape index (κ1) is 27.0. The van der Waals surface area contributed by atoms with Gasteiger partial charge in [-0.15, -0.1) is 0 Å². The van der Waals surface area contributed by atoms with Gasteiger partial charge in [-0.05, 0) is 81.3 Å². The van der Waals surface area contributed by atoms with Crippen LogP contribution in [-0.4, -0.2) is 56.5 Å². The van der Waals surface area contributed by atoms with Gasteiger partial charge in [0, 0.05) is 53.8 Å². The van der Waals surface area contributed by atoms with Gasteiger partial charge in [0.15, 0.2) is 0 Å². The zero-order chi connectivity index (χ0) is 26.7. The van der Waals surface area contributed by atoms with E-state index in [1.807, 2.05) is 31.2 Å². The number of fused-ring (bicyclic) bond motifs is 1. The van der Waals surface area contributed by atoms with Crippen LogP contribution in [0.1, 0.15) is 49.8 Å². The average molecular weight is 603 g/mol. The summed E-state index contributed by atoms with van der Waals surface area (Å²) in [6, 6.07) is 10.9. The number of halogens is 1. The minimum Gasteiger partial charge on any atom is -0.370 e. The molecular weight excluding hydrogens is 566 g/mol. The number of piperidine rings is 2. The normalized spacial score (nSPS) is 17.1. The largest absolute Gasteiger partial charge is 0.370 e. The number of aromatic amines is 1. The molecule has 2 amide bonds. The summed E-state index contributed by atoms with van der Waals surface area (Å²) in [5, 5.41) is 7.08. The van der Waals surface area contributed by atoms with E-state index in [0.29, 0.717) is 31.7 Å². The van der Waals surface area contributed by atoms with Crippen LogP contribution in [0.5, 0.6) is 0 Å². The molecule has 0 atom stereocenters. The van der Waals surface area contributed by atoms with Crippen molar-refractivity contribution in [1.82, 2.24) is 14.6 Å². The van der Waals surface area contributed by atoms with Gasteiger partial charge in [-0.25, -0.2) is 13.2 Å². The first-order chi connectivity index (χ1) is 18.3. The van der Waals surface area contributed by atoms with E-state index in [2.05, 4.69) is 36.4 Å². The van der Waals surface area contributed by atoms with Gasteiger partial charge in [0.2, 0.25) is 10.0 Å². The lowest BCUT2D eigenvalue weighted by molar-refractivity contribution is 0.252. The number of rotatable bonds is 7. The molecule has 0 saturated carbocycles. The SMILES string of the molecule is Cc1[nH]c2cccc(Br)c2c1CCNC(=O)Nc1cc(S(=O)(=O)N2CCCCC2)ccc1N1CCCCC1. The van der Waals surface area contributed by atoms with Crippen LogP contribution in [0.25, 0.3) is 10.9 Å². The van der Waals surface area contributed by atoms with Crippen LogP contribution in [0.3, 0.4) is 0 Å². The van der Waals surface area contributed by atoms with Gasteiger partial charge in [-0.3, -0.25) is 0 Å². The maximum absolute atomic E-state index is 13.4. The number of H-pyrrole nitrogens is 1. The molecule has 2 aliphatic rings. The zero-order valence-corrected chi connectivity index (χ0v) is 24.3. The van der Waals surface area contributed by atoms with E-state index >= 15 is 0 Å². The van der Waals surface area contributed by atoms with E-state index in [1.165, 1.54) is 6.42 Å². The Hall–Kier alpha value is -2.56. The third kappa shape index (κ3) is 5.72. The summed E-state index contributed by atoms with van der Waals surface area (Å²) in [4.78, 5) is 18.9. The fourth-order valence-corrected chi connectivity index (χ4v) is 7.77. The van der Waals surface area contributed by atoms with Crippen LogP contribution < -0.4 is 15.5 Å².